The minimum absolute atomic E-state index is 0.00512. The van der Waals surface area contributed by atoms with Crippen LogP contribution in [-0.4, -0.2) is 50.5 Å². The standard InChI is InChI=1S/C21H27N3O3/c1-16(21(26)24(3)14-17-9-6-5-7-10-17)23(2)15-20(25)22-18-11-8-12-19(13-18)27-4/h5-13,16H,14-15H2,1-4H3,(H,22,25)/p+1/t16-/m0/s1. The van der Waals surface area contributed by atoms with Gasteiger partial charge in [-0.05, 0) is 24.6 Å². The van der Waals surface area contributed by atoms with Gasteiger partial charge >= 0.3 is 0 Å². The number of quaternary nitrogens is 1. The predicted octanol–water partition coefficient (Wildman–Crippen LogP) is 1.20. The van der Waals surface area contributed by atoms with Gasteiger partial charge in [-0.2, -0.15) is 0 Å². The minimum atomic E-state index is -0.324. The second-order valence-electron chi connectivity index (χ2n) is 6.70. The lowest BCUT2D eigenvalue weighted by Gasteiger charge is -2.25. The smallest absolute Gasteiger partial charge is 0.280 e. The summed E-state index contributed by atoms with van der Waals surface area (Å²) in [6.45, 7) is 2.59. The van der Waals surface area contributed by atoms with E-state index in [0.29, 0.717) is 18.0 Å². The summed E-state index contributed by atoms with van der Waals surface area (Å²) < 4.78 is 5.16. The van der Waals surface area contributed by atoms with E-state index in [9.17, 15) is 9.59 Å². The van der Waals surface area contributed by atoms with Crippen molar-refractivity contribution in [2.24, 2.45) is 0 Å². The van der Waals surface area contributed by atoms with Gasteiger partial charge in [-0.3, -0.25) is 9.59 Å². The van der Waals surface area contributed by atoms with Crippen molar-refractivity contribution in [1.82, 2.24) is 4.90 Å². The average Bonchev–Trinajstić information content (AvgIpc) is 2.67. The first-order chi connectivity index (χ1) is 12.9. The largest absolute Gasteiger partial charge is 0.497 e. The maximum atomic E-state index is 12.7. The van der Waals surface area contributed by atoms with Gasteiger partial charge in [0.2, 0.25) is 0 Å². The molecule has 27 heavy (non-hydrogen) atoms. The zero-order valence-corrected chi connectivity index (χ0v) is 16.4. The fraction of sp³-hybridized carbons (Fsp3) is 0.333. The number of rotatable bonds is 8. The first-order valence-electron chi connectivity index (χ1n) is 8.96. The zero-order chi connectivity index (χ0) is 19.8. The highest BCUT2D eigenvalue weighted by Gasteiger charge is 2.26. The van der Waals surface area contributed by atoms with Gasteiger partial charge in [-0.1, -0.05) is 36.4 Å². The van der Waals surface area contributed by atoms with Crippen LogP contribution in [0.4, 0.5) is 5.69 Å². The summed E-state index contributed by atoms with van der Waals surface area (Å²) in [6, 6.07) is 16.7. The SMILES string of the molecule is COc1cccc(NC(=O)C[NH+](C)[C@@H](C)C(=O)N(C)Cc2ccccc2)c1. The molecule has 144 valence electrons. The van der Waals surface area contributed by atoms with E-state index in [2.05, 4.69) is 5.32 Å². The highest BCUT2D eigenvalue weighted by atomic mass is 16.5. The molecular weight excluding hydrogens is 342 g/mol. The lowest BCUT2D eigenvalue weighted by Crippen LogP contribution is -3.15. The summed E-state index contributed by atoms with van der Waals surface area (Å²) in [4.78, 5) is 27.5. The monoisotopic (exact) mass is 370 g/mol. The van der Waals surface area contributed by atoms with Crippen molar-refractivity contribution in [2.75, 3.05) is 33.1 Å². The number of methoxy groups -OCH3 is 1. The molecule has 0 aromatic heterocycles. The predicted molar refractivity (Wildman–Crippen MR) is 106 cm³/mol. The Morgan fingerprint density at radius 2 is 1.85 bits per heavy atom. The number of carbonyl (C=O) groups is 2. The van der Waals surface area contributed by atoms with E-state index in [4.69, 9.17) is 4.74 Å². The molecule has 6 heteroatoms. The highest BCUT2D eigenvalue weighted by molar-refractivity contribution is 5.91. The van der Waals surface area contributed by atoms with Gasteiger partial charge in [0, 0.05) is 25.3 Å². The number of nitrogens with zero attached hydrogens (tertiary/aromatic N) is 1. The number of likely N-dealkylation sites (N-methyl/N-ethyl adjacent to an activating group) is 2. The Labute approximate surface area is 160 Å². The van der Waals surface area contributed by atoms with E-state index in [1.807, 2.05) is 56.4 Å². The van der Waals surface area contributed by atoms with Crippen LogP contribution in [0.25, 0.3) is 0 Å². The van der Waals surface area contributed by atoms with Gasteiger partial charge < -0.3 is 19.9 Å². The fourth-order valence-corrected chi connectivity index (χ4v) is 2.79. The summed E-state index contributed by atoms with van der Waals surface area (Å²) in [6.07, 6.45) is 0. The minimum Gasteiger partial charge on any atom is -0.497 e. The number of benzene rings is 2. The number of ether oxygens (including phenoxy) is 1. The van der Waals surface area contributed by atoms with Crippen LogP contribution in [0.2, 0.25) is 0 Å². The van der Waals surface area contributed by atoms with Crippen LogP contribution < -0.4 is 15.0 Å². The van der Waals surface area contributed by atoms with Gasteiger partial charge in [0.05, 0.1) is 14.2 Å². The molecule has 2 rings (SSSR count). The summed E-state index contributed by atoms with van der Waals surface area (Å²) in [5.74, 6) is 0.538. The number of hydrogen-bond acceptors (Lipinski definition) is 3. The molecule has 6 nitrogen and oxygen atoms in total. The van der Waals surface area contributed by atoms with Crippen LogP contribution in [-0.2, 0) is 16.1 Å². The Kier molecular flexibility index (Phi) is 7.37. The van der Waals surface area contributed by atoms with E-state index < -0.39 is 0 Å². The van der Waals surface area contributed by atoms with Gasteiger partial charge in [-0.25, -0.2) is 0 Å². The zero-order valence-electron chi connectivity index (χ0n) is 16.4. The normalized spacial score (nSPS) is 12.7. The van der Waals surface area contributed by atoms with E-state index in [1.165, 1.54) is 0 Å². The van der Waals surface area contributed by atoms with E-state index in [1.54, 1.807) is 31.2 Å². The Morgan fingerprint density at radius 1 is 1.15 bits per heavy atom. The summed E-state index contributed by atoms with van der Waals surface area (Å²) in [5.41, 5.74) is 1.75. The molecule has 1 unspecified atom stereocenters. The Balaban J connectivity index is 1.88. The van der Waals surface area contributed by atoms with Crippen molar-refractivity contribution < 1.29 is 19.2 Å². The van der Waals surface area contributed by atoms with E-state index in [0.717, 1.165) is 10.5 Å². The van der Waals surface area contributed by atoms with E-state index in [-0.39, 0.29) is 24.4 Å². The van der Waals surface area contributed by atoms with Crippen molar-refractivity contribution in [3.8, 4) is 5.75 Å². The Hall–Kier alpha value is -2.86. The number of nitrogens with one attached hydrogen (secondary N) is 2. The summed E-state index contributed by atoms with van der Waals surface area (Å²) >= 11 is 0. The van der Waals surface area contributed by atoms with Gasteiger partial charge in [0.15, 0.2) is 12.6 Å². The molecule has 0 aliphatic carbocycles. The molecule has 0 aliphatic heterocycles. The molecule has 2 atom stereocenters. The van der Waals surface area contributed by atoms with E-state index >= 15 is 0 Å². The Bertz CT molecular complexity index is 764. The van der Waals surface area contributed by atoms with Crippen LogP contribution in [0.5, 0.6) is 5.75 Å². The molecule has 2 aromatic carbocycles. The van der Waals surface area contributed by atoms with Crippen LogP contribution in [0.15, 0.2) is 54.6 Å². The fourth-order valence-electron chi connectivity index (χ4n) is 2.79. The number of anilines is 1. The maximum absolute atomic E-state index is 12.7. The molecular formula is C21H28N3O3+. The molecule has 2 amide bonds. The number of hydrogen-bond donors (Lipinski definition) is 2. The van der Waals surface area contributed by atoms with Crippen LogP contribution in [0, 0.1) is 0 Å². The Morgan fingerprint density at radius 3 is 2.52 bits per heavy atom. The molecule has 0 spiro atoms. The molecule has 0 radical (unpaired) electrons. The summed E-state index contributed by atoms with van der Waals surface area (Å²) in [7, 11) is 5.22. The van der Waals surface area contributed by atoms with Crippen LogP contribution in [0.1, 0.15) is 12.5 Å². The summed E-state index contributed by atoms with van der Waals surface area (Å²) in [5, 5.41) is 2.85. The molecule has 0 aliphatic rings. The van der Waals surface area contributed by atoms with Crippen molar-refractivity contribution in [2.45, 2.75) is 19.5 Å². The van der Waals surface area contributed by atoms with Gasteiger partial charge in [0.25, 0.3) is 11.8 Å². The molecule has 2 N–H and O–H groups in total. The van der Waals surface area contributed by atoms with Crippen molar-refractivity contribution >= 4 is 17.5 Å². The van der Waals surface area contributed by atoms with Crippen LogP contribution >= 0.6 is 0 Å². The van der Waals surface area contributed by atoms with Crippen LogP contribution in [0.3, 0.4) is 0 Å². The molecule has 2 aromatic rings. The quantitative estimate of drug-likeness (QED) is 0.734. The molecule has 0 fully saturated rings. The second kappa shape index (κ2) is 9.73. The second-order valence-corrected chi connectivity index (χ2v) is 6.70. The molecule has 0 saturated heterocycles. The lowest BCUT2D eigenvalue weighted by atomic mass is 10.2. The molecule has 0 heterocycles. The first-order valence-corrected chi connectivity index (χ1v) is 8.96. The van der Waals surface area contributed by atoms with Crippen molar-refractivity contribution in [3.05, 3.63) is 60.2 Å². The highest BCUT2D eigenvalue weighted by Crippen LogP contribution is 2.16. The lowest BCUT2D eigenvalue weighted by molar-refractivity contribution is -0.886. The van der Waals surface area contributed by atoms with Gasteiger partial charge in [-0.15, -0.1) is 0 Å². The average molecular weight is 370 g/mol. The number of carbonyl (C=O) groups excluding carboxylic acids is 2. The van der Waals surface area contributed by atoms with Crippen molar-refractivity contribution in [1.29, 1.82) is 0 Å². The van der Waals surface area contributed by atoms with Crippen molar-refractivity contribution in [3.63, 3.8) is 0 Å². The number of amides is 2. The first kappa shape index (κ1) is 20.5. The topological polar surface area (TPSA) is 63.1 Å². The third-order valence-electron chi connectivity index (χ3n) is 4.54. The maximum Gasteiger partial charge on any atom is 0.280 e. The van der Waals surface area contributed by atoms with Gasteiger partial charge in [0.1, 0.15) is 5.75 Å². The molecule has 0 bridgehead atoms. The molecule has 0 saturated carbocycles. The third-order valence-corrected chi connectivity index (χ3v) is 4.54. The third kappa shape index (κ3) is 6.11.